The van der Waals surface area contributed by atoms with Crippen LogP contribution >= 0.6 is 0 Å². The Morgan fingerprint density at radius 2 is 2.00 bits per heavy atom. The number of hydrogen-bond donors (Lipinski definition) is 1. The Balaban J connectivity index is 1.94. The van der Waals surface area contributed by atoms with Gasteiger partial charge in [-0.15, -0.1) is 0 Å². The number of rotatable bonds is 0. The second-order valence-corrected chi connectivity index (χ2v) is 6.15. The van der Waals surface area contributed by atoms with Crippen molar-refractivity contribution in [2.75, 3.05) is 13.1 Å². The predicted octanol–water partition coefficient (Wildman–Crippen LogP) is 1.59. The van der Waals surface area contributed by atoms with Gasteiger partial charge in [0.15, 0.2) is 0 Å². The number of likely N-dealkylation sites (tertiary alicyclic amines) is 1. The van der Waals surface area contributed by atoms with Crippen molar-refractivity contribution in [3.8, 4) is 0 Å². The quantitative estimate of drug-likeness (QED) is 0.682. The zero-order valence-corrected chi connectivity index (χ0v) is 10.4. The van der Waals surface area contributed by atoms with Gasteiger partial charge in [0, 0.05) is 19.1 Å². The van der Waals surface area contributed by atoms with Crippen molar-refractivity contribution < 1.29 is 9.53 Å². The molecule has 0 radical (unpaired) electrons. The fraction of sp³-hybridized carbons (Fsp3) is 0.917. The molecule has 0 aromatic rings. The van der Waals surface area contributed by atoms with Crippen LogP contribution in [0.4, 0.5) is 4.79 Å². The fourth-order valence-electron chi connectivity index (χ4n) is 2.78. The zero-order chi connectivity index (χ0) is 11.9. The molecule has 2 bridgehead atoms. The summed E-state index contributed by atoms with van der Waals surface area (Å²) < 4.78 is 5.38. The Hall–Kier alpha value is -0.770. The summed E-state index contributed by atoms with van der Waals surface area (Å²) in [6, 6.07) is 0.275. The average molecular weight is 226 g/mol. The highest BCUT2D eigenvalue weighted by Crippen LogP contribution is 2.36. The van der Waals surface area contributed by atoms with Crippen molar-refractivity contribution in [3.05, 3.63) is 0 Å². The van der Waals surface area contributed by atoms with Crippen molar-refractivity contribution in [1.29, 1.82) is 0 Å². The molecule has 4 nitrogen and oxygen atoms in total. The Morgan fingerprint density at radius 3 is 2.56 bits per heavy atom. The van der Waals surface area contributed by atoms with E-state index in [1.807, 2.05) is 25.7 Å². The van der Waals surface area contributed by atoms with Gasteiger partial charge in [-0.2, -0.15) is 0 Å². The molecule has 92 valence electrons. The number of fused-ring (bicyclic) bond motifs is 2. The Morgan fingerprint density at radius 1 is 1.31 bits per heavy atom. The number of piperidine rings is 1. The smallest absolute Gasteiger partial charge is 0.410 e. The van der Waals surface area contributed by atoms with Crippen LogP contribution in [0.2, 0.25) is 0 Å². The van der Waals surface area contributed by atoms with E-state index in [1.54, 1.807) is 0 Å². The number of carbonyl (C=O) groups is 1. The maximum Gasteiger partial charge on any atom is 0.410 e. The molecular formula is C12H22N2O2. The van der Waals surface area contributed by atoms with Gasteiger partial charge in [-0.25, -0.2) is 4.79 Å². The summed E-state index contributed by atoms with van der Waals surface area (Å²) in [6.07, 6.45) is 2.06. The average Bonchev–Trinajstić information content (AvgIpc) is 2.37. The van der Waals surface area contributed by atoms with Crippen LogP contribution < -0.4 is 5.73 Å². The normalized spacial score (nSPS) is 34.0. The summed E-state index contributed by atoms with van der Waals surface area (Å²) in [6.45, 7) is 7.28. The maximum atomic E-state index is 11.9. The Bertz CT molecular complexity index is 283. The lowest BCUT2D eigenvalue weighted by molar-refractivity contribution is 0.0152. The topological polar surface area (TPSA) is 55.6 Å². The third kappa shape index (κ3) is 2.48. The molecule has 1 aliphatic carbocycles. The molecule has 1 saturated carbocycles. The summed E-state index contributed by atoms with van der Waals surface area (Å²) in [7, 11) is 0. The van der Waals surface area contributed by atoms with E-state index < -0.39 is 5.60 Å². The van der Waals surface area contributed by atoms with Crippen LogP contribution in [0.25, 0.3) is 0 Å². The maximum absolute atomic E-state index is 11.9. The molecule has 1 amide bonds. The van der Waals surface area contributed by atoms with Crippen molar-refractivity contribution in [2.45, 2.75) is 45.3 Å². The molecule has 0 aromatic carbocycles. The van der Waals surface area contributed by atoms with Crippen molar-refractivity contribution in [3.63, 3.8) is 0 Å². The molecule has 2 N–H and O–H groups in total. The number of nitrogens with zero attached hydrogens (tertiary/aromatic N) is 1. The molecule has 0 spiro atoms. The van der Waals surface area contributed by atoms with Gasteiger partial charge in [-0.3, -0.25) is 0 Å². The van der Waals surface area contributed by atoms with Crippen LogP contribution in [0.3, 0.4) is 0 Å². The standard InChI is InChI=1S/C12H22N2O2/c1-12(2,3)16-11(15)14-6-8-4-9(7-14)10(13)5-8/h8-10H,4-7,13H2,1-3H3. The highest BCUT2D eigenvalue weighted by atomic mass is 16.6. The molecule has 2 rings (SSSR count). The highest BCUT2D eigenvalue weighted by Gasteiger charge is 2.40. The monoisotopic (exact) mass is 226 g/mol. The summed E-state index contributed by atoms with van der Waals surface area (Å²) in [5.74, 6) is 1.06. The van der Waals surface area contributed by atoms with Gasteiger partial charge in [0.1, 0.15) is 5.60 Å². The van der Waals surface area contributed by atoms with Crippen LogP contribution in [0.15, 0.2) is 0 Å². The molecule has 2 fully saturated rings. The van der Waals surface area contributed by atoms with E-state index >= 15 is 0 Å². The van der Waals surface area contributed by atoms with Gasteiger partial charge in [-0.1, -0.05) is 0 Å². The Labute approximate surface area is 97.1 Å². The van der Waals surface area contributed by atoms with Crippen molar-refractivity contribution in [1.82, 2.24) is 4.90 Å². The summed E-state index contributed by atoms with van der Waals surface area (Å²) in [4.78, 5) is 13.7. The zero-order valence-electron chi connectivity index (χ0n) is 10.4. The van der Waals surface area contributed by atoms with Crippen LogP contribution in [-0.2, 0) is 4.74 Å². The first kappa shape index (κ1) is 11.7. The lowest BCUT2D eigenvalue weighted by Gasteiger charge is -2.33. The number of amides is 1. The number of ether oxygens (including phenoxy) is 1. The van der Waals surface area contributed by atoms with Crippen LogP contribution in [-0.4, -0.2) is 35.7 Å². The largest absolute Gasteiger partial charge is 0.444 e. The minimum Gasteiger partial charge on any atom is -0.444 e. The van der Waals surface area contributed by atoms with Gasteiger partial charge >= 0.3 is 6.09 Å². The predicted molar refractivity (Wildman–Crippen MR) is 62.0 cm³/mol. The van der Waals surface area contributed by atoms with Crippen molar-refractivity contribution in [2.24, 2.45) is 17.6 Å². The van der Waals surface area contributed by atoms with Crippen molar-refractivity contribution >= 4 is 6.09 Å². The van der Waals surface area contributed by atoms with Crippen LogP contribution in [0.5, 0.6) is 0 Å². The van der Waals surface area contributed by atoms with Gasteiger partial charge in [0.25, 0.3) is 0 Å². The second kappa shape index (κ2) is 3.91. The summed E-state index contributed by atoms with van der Waals surface area (Å²) in [5.41, 5.74) is 5.62. The number of hydrogen-bond acceptors (Lipinski definition) is 3. The molecule has 0 aromatic heterocycles. The van der Waals surface area contributed by atoms with E-state index in [9.17, 15) is 4.79 Å². The minimum absolute atomic E-state index is 0.184. The lowest BCUT2D eigenvalue weighted by Crippen LogP contribution is -2.45. The number of nitrogens with two attached hydrogens (primary N) is 1. The first-order chi connectivity index (χ1) is 7.35. The van der Waals surface area contributed by atoms with E-state index in [4.69, 9.17) is 10.5 Å². The van der Waals surface area contributed by atoms with E-state index in [1.165, 1.54) is 6.42 Å². The van der Waals surface area contributed by atoms with Gasteiger partial charge in [-0.05, 0) is 45.4 Å². The SMILES string of the molecule is CC(C)(C)OC(=O)N1CC2CC(N)C(C2)C1. The molecule has 1 saturated heterocycles. The third-order valence-electron chi connectivity index (χ3n) is 3.43. The molecule has 3 unspecified atom stereocenters. The van der Waals surface area contributed by atoms with Gasteiger partial charge in [0.2, 0.25) is 0 Å². The van der Waals surface area contributed by atoms with E-state index in [0.717, 1.165) is 19.5 Å². The molecule has 1 aliphatic heterocycles. The Kier molecular flexibility index (Phi) is 2.86. The lowest BCUT2D eigenvalue weighted by atomic mass is 9.98. The van der Waals surface area contributed by atoms with E-state index in [2.05, 4.69) is 0 Å². The van der Waals surface area contributed by atoms with Gasteiger partial charge in [0.05, 0.1) is 0 Å². The summed E-state index contributed by atoms with van der Waals surface area (Å²) in [5, 5.41) is 0. The second-order valence-electron chi connectivity index (χ2n) is 6.15. The molecule has 2 aliphatic rings. The first-order valence-corrected chi connectivity index (χ1v) is 6.08. The molecule has 1 heterocycles. The number of carbonyl (C=O) groups excluding carboxylic acids is 1. The van der Waals surface area contributed by atoms with Crippen LogP contribution in [0.1, 0.15) is 33.6 Å². The molecule has 3 atom stereocenters. The third-order valence-corrected chi connectivity index (χ3v) is 3.43. The summed E-state index contributed by atoms with van der Waals surface area (Å²) >= 11 is 0. The highest BCUT2D eigenvalue weighted by molar-refractivity contribution is 5.68. The minimum atomic E-state index is -0.407. The van der Waals surface area contributed by atoms with Gasteiger partial charge < -0.3 is 15.4 Å². The van der Waals surface area contributed by atoms with E-state index in [0.29, 0.717) is 11.8 Å². The van der Waals surface area contributed by atoms with E-state index in [-0.39, 0.29) is 12.1 Å². The molecular weight excluding hydrogens is 204 g/mol. The first-order valence-electron chi connectivity index (χ1n) is 6.08. The van der Waals surface area contributed by atoms with Crippen LogP contribution in [0, 0.1) is 11.8 Å². The fourth-order valence-corrected chi connectivity index (χ4v) is 2.78. The molecule has 16 heavy (non-hydrogen) atoms. The molecule has 4 heteroatoms.